The van der Waals surface area contributed by atoms with Gasteiger partial charge in [0.1, 0.15) is 5.69 Å². The molecule has 1 saturated heterocycles. The van der Waals surface area contributed by atoms with Crippen LogP contribution in [0.3, 0.4) is 0 Å². The number of likely N-dealkylation sites (tertiary alicyclic amines) is 1. The second-order valence-electron chi connectivity index (χ2n) is 6.64. The van der Waals surface area contributed by atoms with E-state index in [2.05, 4.69) is 0 Å². The summed E-state index contributed by atoms with van der Waals surface area (Å²) in [5, 5.41) is 11.2. The molecule has 8 heteroatoms. The molecule has 2 rings (SSSR count). The molecule has 1 aliphatic rings. The number of nitro groups is 1. The van der Waals surface area contributed by atoms with Gasteiger partial charge in [0, 0.05) is 33.3 Å². The van der Waals surface area contributed by atoms with Gasteiger partial charge in [0.05, 0.1) is 10.5 Å². The van der Waals surface area contributed by atoms with Crippen molar-refractivity contribution in [2.75, 3.05) is 32.1 Å². The van der Waals surface area contributed by atoms with Gasteiger partial charge in [0.2, 0.25) is 0 Å². The van der Waals surface area contributed by atoms with Gasteiger partial charge in [0.15, 0.2) is 6.10 Å². The molecule has 1 fully saturated rings. The van der Waals surface area contributed by atoms with Crippen molar-refractivity contribution in [3.8, 4) is 0 Å². The standard InChI is InChI=1S/C18H25N3O5/c1-13(17(22)20-10-6-4-5-7-11-20)26-18(23)14-8-9-15(19(2)3)16(12-14)21(24)25/h8-9,12-13H,4-7,10-11H2,1-3H3/t13-/m0/s1. The molecule has 8 nitrogen and oxygen atoms in total. The van der Waals surface area contributed by atoms with Crippen LogP contribution in [-0.4, -0.2) is 55.0 Å². The third-order valence-electron chi connectivity index (χ3n) is 4.44. The predicted molar refractivity (Wildman–Crippen MR) is 97.3 cm³/mol. The second-order valence-corrected chi connectivity index (χ2v) is 6.64. The van der Waals surface area contributed by atoms with Gasteiger partial charge in [-0.3, -0.25) is 14.9 Å². The summed E-state index contributed by atoms with van der Waals surface area (Å²) in [6.45, 7) is 2.88. The first-order chi connectivity index (χ1) is 12.3. The van der Waals surface area contributed by atoms with Gasteiger partial charge < -0.3 is 14.5 Å². The molecule has 1 aromatic carbocycles. The minimum absolute atomic E-state index is 0.0535. The molecule has 0 aliphatic carbocycles. The van der Waals surface area contributed by atoms with Crippen molar-refractivity contribution in [2.45, 2.75) is 38.7 Å². The lowest BCUT2D eigenvalue weighted by Gasteiger charge is -2.24. The number of hydrogen-bond donors (Lipinski definition) is 0. The Bertz CT molecular complexity index is 681. The van der Waals surface area contributed by atoms with E-state index in [1.54, 1.807) is 23.9 Å². The van der Waals surface area contributed by atoms with Crippen molar-refractivity contribution in [2.24, 2.45) is 0 Å². The van der Waals surface area contributed by atoms with Crippen LogP contribution < -0.4 is 4.90 Å². The van der Waals surface area contributed by atoms with E-state index < -0.39 is 17.0 Å². The first kappa shape index (κ1) is 19.7. The largest absolute Gasteiger partial charge is 0.449 e. The highest BCUT2D eigenvalue weighted by Crippen LogP contribution is 2.28. The fourth-order valence-electron chi connectivity index (χ4n) is 3.00. The van der Waals surface area contributed by atoms with Crippen LogP contribution in [0, 0.1) is 10.1 Å². The minimum atomic E-state index is -0.923. The molecule has 142 valence electrons. The van der Waals surface area contributed by atoms with E-state index in [1.807, 2.05) is 0 Å². The summed E-state index contributed by atoms with van der Waals surface area (Å²) < 4.78 is 5.26. The SMILES string of the molecule is C[C@H](OC(=O)c1ccc(N(C)C)c([N+](=O)[O-])c1)C(=O)N1CCCCCC1. The van der Waals surface area contributed by atoms with Crippen molar-refractivity contribution in [1.29, 1.82) is 0 Å². The van der Waals surface area contributed by atoms with Gasteiger partial charge in [-0.1, -0.05) is 12.8 Å². The van der Waals surface area contributed by atoms with Crippen LogP contribution >= 0.6 is 0 Å². The highest BCUT2D eigenvalue weighted by molar-refractivity contribution is 5.93. The number of rotatable bonds is 5. The van der Waals surface area contributed by atoms with Crippen molar-refractivity contribution in [1.82, 2.24) is 4.90 Å². The highest BCUT2D eigenvalue weighted by atomic mass is 16.6. The summed E-state index contributed by atoms with van der Waals surface area (Å²) >= 11 is 0. The van der Waals surface area contributed by atoms with E-state index in [1.165, 1.54) is 25.1 Å². The lowest BCUT2D eigenvalue weighted by molar-refractivity contribution is -0.384. The molecule has 1 atom stereocenters. The number of nitrogens with zero attached hydrogens (tertiary/aromatic N) is 3. The first-order valence-electron chi connectivity index (χ1n) is 8.76. The van der Waals surface area contributed by atoms with Crippen molar-refractivity contribution >= 4 is 23.3 Å². The van der Waals surface area contributed by atoms with Crippen LogP contribution in [0.15, 0.2) is 18.2 Å². The molecular formula is C18H25N3O5. The molecule has 26 heavy (non-hydrogen) atoms. The van der Waals surface area contributed by atoms with Crippen molar-refractivity contribution < 1.29 is 19.2 Å². The average Bonchev–Trinajstić information content (AvgIpc) is 2.89. The smallest absolute Gasteiger partial charge is 0.339 e. The van der Waals surface area contributed by atoms with Gasteiger partial charge in [-0.15, -0.1) is 0 Å². The van der Waals surface area contributed by atoms with E-state index in [0.717, 1.165) is 25.7 Å². The Morgan fingerprint density at radius 2 is 1.81 bits per heavy atom. The predicted octanol–water partition coefficient (Wildman–Crippen LogP) is 2.61. The number of hydrogen-bond acceptors (Lipinski definition) is 6. The number of ether oxygens (including phenoxy) is 1. The van der Waals surface area contributed by atoms with E-state index in [9.17, 15) is 19.7 Å². The van der Waals surface area contributed by atoms with Crippen molar-refractivity contribution in [3.05, 3.63) is 33.9 Å². The molecule has 0 unspecified atom stereocenters. The molecular weight excluding hydrogens is 338 g/mol. The first-order valence-corrected chi connectivity index (χ1v) is 8.76. The summed E-state index contributed by atoms with van der Waals surface area (Å²) in [7, 11) is 3.37. The van der Waals surface area contributed by atoms with Gasteiger partial charge in [0.25, 0.3) is 11.6 Å². The Hall–Kier alpha value is -2.64. The molecule has 0 aromatic heterocycles. The summed E-state index contributed by atoms with van der Waals surface area (Å²) in [5.41, 5.74) is 0.258. The molecule has 0 bridgehead atoms. The van der Waals surface area contributed by atoms with E-state index >= 15 is 0 Å². The van der Waals surface area contributed by atoms with Crippen molar-refractivity contribution in [3.63, 3.8) is 0 Å². The Morgan fingerprint density at radius 3 is 2.35 bits per heavy atom. The monoisotopic (exact) mass is 363 g/mol. The maximum absolute atomic E-state index is 12.5. The van der Waals surface area contributed by atoms with Crippen LogP contribution in [0.4, 0.5) is 11.4 Å². The van der Waals surface area contributed by atoms with Gasteiger partial charge >= 0.3 is 5.97 Å². The Labute approximate surface area is 152 Å². The Balaban J connectivity index is 2.09. The third-order valence-corrected chi connectivity index (χ3v) is 4.44. The molecule has 1 amide bonds. The number of carbonyl (C=O) groups excluding carboxylic acids is 2. The highest BCUT2D eigenvalue weighted by Gasteiger charge is 2.26. The topological polar surface area (TPSA) is 93.0 Å². The molecule has 0 saturated carbocycles. The fraction of sp³-hybridized carbons (Fsp3) is 0.556. The van der Waals surface area contributed by atoms with Gasteiger partial charge in [-0.25, -0.2) is 4.79 Å². The van der Waals surface area contributed by atoms with Crippen LogP contribution in [-0.2, 0) is 9.53 Å². The average molecular weight is 363 g/mol. The molecule has 0 spiro atoms. The van der Waals surface area contributed by atoms with Gasteiger partial charge in [-0.05, 0) is 31.9 Å². The molecule has 0 radical (unpaired) electrons. The van der Waals surface area contributed by atoms with Crippen LogP contribution in [0.25, 0.3) is 0 Å². The zero-order chi connectivity index (χ0) is 19.3. The van der Waals surface area contributed by atoms with Gasteiger partial charge in [-0.2, -0.15) is 0 Å². The normalized spacial score (nSPS) is 15.7. The summed E-state index contributed by atoms with van der Waals surface area (Å²) in [6.07, 6.45) is 3.17. The molecule has 1 aliphatic heterocycles. The Morgan fingerprint density at radius 1 is 1.19 bits per heavy atom. The van der Waals surface area contributed by atoms with E-state index in [-0.39, 0.29) is 17.2 Å². The lowest BCUT2D eigenvalue weighted by atomic mass is 10.1. The number of esters is 1. The zero-order valence-corrected chi connectivity index (χ0v) is 15.4. The molecule has 1 heterocycles. The number of anilines is 1. The summed E-state index contributed by atoms with van der Waals surface area (Å²) in [5.74, 6) is -0.964. The molecule has 1 aromatic rings. The quantitative estimate of drug-likeness (QED) is 0.453. The Kier molecular flexibility index (Phi) is 6.54. The summed E-state index contributed by atoms with van der Waals surface area (Å²) in [4.78, 5) is 38.8. The minimum Gasteiger partial charge on any atom is -0.449 e. The second kappa shape index (κ2) is 8.64. The van der Waals surface area contributed by atoms with Crippen LogP contribution in [0.2, 0.25) is 0 Å². The third kappa shape index (κ3) is 4.71. The number of benzene rings is 1. The van der Waals surface area contributed by atoms with Crippen LogP contribution in [0.1, 0.15) is 43.0 Å². The maximum atomic E-state index is 12.5. The zero-order valence-electron chi connectivity index (χ0n) is 15.4. The number of carbonyl (C=O) groups is 2. The lowest BCUT2D eigenvalue weighted by Crippen LogP contribution is -2.40. The van der Waals surface area contributed by atoms with E-state index in [4.69, 9.17) is 4.74 Å². The number of amides is 1. The summed E-state index contributed by atoms with van der Waals surface area (Å²) in [6, 6.07) is 4.14. The molecule has 0 N–H and O–H groups in total. The van der Waals surface area contributed by atoms with Crippen LogP contribution in [0.5, 0.6) is 0 Å². The van der Waals surface area contributed by atoms with E-state index in [0.29, 0.717) is 18.8 Å². The fourth-order valence-corrected chi connectivity index (χ4v) is 3.00. The maximum Gasteiger partial charge on any atom is 0.339 e. The number of nitro benzene ring substituents is 1.